The molecule has 0 fully saturated rings. The first-order valence-electron chi connectivity index (χ1n) is 12.0. The summed E-state index contributed by atoms with van der Waals surface area (Å²) in [4.78, 5) is 28.9. The number of methoxy groups -OCH3 is 2. The first-order valence-corrected chi connectivity index (χ1v) is 13.2. The van der Waals surface area contributed by atoms with E-state index in [0.717, 1.165) is 43.0 Å². The van der Waals surface area contributed by atoms with Crippen LogP contribution >= 0.6 is 11.8 Å². The van der Waals surface area contributed by atoms with Gasteiger partial charge in [-0.2, -0.15) is 0 Å². The molecule has 0 aliphatic carbocycles. The van der Waals surface area contributed by atoms with E-state index in [9.17, 15) is 14.9 Å². The Labute approximate surface area is 223 Å². The molecule has 200 valence electrons. The molecule has 2 aromatic rings. The average Bonchev–Trinajstić information content (AvgIpc) is 2.90. The van der Waals surface area contributed by atoms with E-state index in [4.69, 9.17) is 9.47 Å². The summed E-state index contributed by atoms with van der Waals surface area (Å²) in [6, 6.07) is 13.3. The molecule has 0 heterocycles. The summed E-state index contributed by atoms with van der Waals surface area (Å²) in [6.45, 7) is 2.14. The zero-order valence-corrected chi connectivity index (χ0v) is 22.8. The topological polar surface area (TPSA) is 106 Å². The molecule has 0 spiro atoms. The lowest BCUT2D eigenvalue weighted by atomic mass is 10.1. The molecule has 0 aliphatic heterocycles. The van der Waals surface area contributed by atoms with Crippen molar-refractivity contribution < 1.29 is 19.2 Å². The minimum Gasteiger partial charge on any atom is -0.493 e. The van der Waals surface area contributed by atoms with E-state index in [1.165, 1.54) is 17.3 Å². The number of hydrogen-bond acceptors (Lipinski definition) is 8. The van der Waals surface area contributed by atoms with Crippen molar-refractivity contribution in [3.63, 3.8) is 0 Å². The number of carbonyl (C=O) groups excluding carboxylic acids is 1. The number of thioether (sulfide) groups is 1. The van der Waals surface area contributed by atoms with E-state index in [0.29, 0.717) is 23.7 Å². The Balaban J connectivity index is 1.66. The Bertz CT molecular complexity index is 1070. The normalized spacial score (nSPS) is 11.6. The van der Waals surface area contributed by atoms with Crippen LogP contribution in [0, 0.1) is 10.1 Å². The Kier molecular flexibility index (Phi) is 13.2. The molecule has 0 aliphatic rings. The molecule has 0 unspecified atom stereocenters. The standard InChI is InChI=1S/C27H36N4O5S/c1-30(18-15-22-11-14-24(35-2)25(19-22)36-3)17-6-16-28-26(32)8-5-7-21-9-12-23(13-10-21)29-27(37-4)20-31(33)34/h5,7,9-14,19H,6,8,15-18,20H2,1-4H3,(H,28,32). The van der Waals surface area contributed by atoms with E-state index < -0.39 is 4.92 Å². The van der Waals surface area contributed by atoms with Crippen molar-refractivity contribution in [1.29, 1.82) is 0 Å². The molecule has 0 saturated heterocycles. The lowest BCUT2D eigenvalue weighted by Gasteiger charge is -2.17. The first kappa shape index (κ1) is 29.9. The van der Waals surface area contributed by atoms with Crippen LogP contribution in [-0.2, 0) is 11.2 Å². The highest BCUT2D eigenvalue weighted by molar-refractivity contribution is 8.13. The molecule has 2 aromatic carbocycles. The highest BCUT2D eigenvalue weighted by Gasteiger charge is 2.07. The number of ether oxygens (including phenoxy) is 2. The second-order valence-corrected chi connectivity index (χ2v) is 9.22. The predicted octanol–water partition coefficient (Wildman–Crippen LogP) is 4.46. The first-order chi connectivity index (χ1) is 17.8. The number of nitrogens with zero attached hydrogens (tertiary/aromatic N) is 3. The molecular formula is C27H36N4O5S. The highest BCUT2D eigenvalue weighted by Crippen LogP contribution is 2.27. The summed E-state index contributed by atoms with van der Waals surface area (Å²) in [5.41, 5.74) is 2.78. The molecule has 1 N–H and O–H groups in total. The molecule has 2 rings (SSSR count). The lowest BCUT2D eigenvalue weighted by Crippen LogP contribution is -2.28. The van der Waals surface area contributed by atoms with Gasteiger partial charge in [-0.05, 0) is 68.1 Å². The Morgan fingerprint density at radius 2 is 1.86 bits per heavy atom. The van der Waals surface area contributed by atoms with Gasteiger partial charge < -0.3 is 19.7 Å². The number of nitrogens with one attached hydrogen (secondary N) is 1. The number of rotatable bonds is 15. The number of aliphatic imine (C=N–C) groups is 1. The van der Waals surface area contributed by atoms with Crippen molar-refractivity contribution in [2.75, 3.05) is 53.7 Å². The molecule has 0 atom stereocenters. The van der Waals surface area contributed by atoms with Gasteiger partial charge in [-0.3, -0.25) is 14.9 Å². The van der Waals surface area contributed by atoms with Crippen LogP contribution in [0.2, 0.25) is 0 Å². The number of nitro groups is 1. The molecule has 0 bridgehead atoms. The van der Waals surface area contributed by atoms with E-state index >= 15 is 0 Å². The molecule has 1 amide bonds. The molecule has 10 heteroatoms. The van der Waals surface area contributed by atoms with Gasteiger partial charge in [0.25, 0.3) is 6.54 Å². The fourth-order valence-corrected chi connectivity index (χ4v) is 3.91. The van der Waals surface area contributed by atoms with Crippen molar-refractivity contribution in [2.24, 2.45) is 4.99 Å². The smallest absolute Gasteiger partial charge is 0.251 e. The molecule has 0 radical (unpaired) electrons. The van der Waals surface area contributed by atoms with Gasteiger partial charge in [0, 0.05) is 24.4 Å². The monoisotopic (exact) mass is 528 g/mol. The number of hydrogen-bond donors (Lipinski definition) is 1. The molecule has 37 heavy (non-hydrogen) atoms. The maximum atomic E-state index is 12.1. The summed E-state index contributed by atoms with van der Waals surface area (Å²) in [7, 11) is 5.34. The Morgan fingerprint density at radius 3 is 2.51 bits per heavy atom. The fourth-order valence-electron chi connectivity index (χ4n) is 3.48. The summed E-state index contributed by atoms with van der Waals surface area (Å²) < 4.78 is 10.6. The van der Waals surface area contributed by atoms with Crippen LogP contribution in [0.25, 0.3) is 6.08 Å². The Morgan fingerprint density at radius 1 is 1.14 bits per heavy atom. The van der Waals surface area contributed by atoms with Gasteiger partial charge in [-0.25, -0.2) is 4.99 Å². The molecule has 0 aromatic heterocycles. The van der Waals surface area contributed by atoms with Crippen LogP contribution in [0.4, 0.5) is 5.69 Å². The highest BCUT2D eigenvalue weighted by atomic mass is 32.2. The number of carbonyl (C=O) groups is 1. The quantitative estimate of drug-likeness (QED) is 0.120. The maximum Gasteiger partial charge on any atom is 0.251 e. The number of amides is 1. The van der Waals surface area contributed by atoms with Crippen molar-refractivity contribution >= 4 is 34.5 Å². The maximum absolute atomic E-state index is 12.1. The van der Waals surface area contributed by atoms with Gasteiger partial charge in [0.2, 0.25) is 5.91 Å². The van der Waals surface area contributed by atoms with Crippen LogP contribution in [-0.4, -0.2) is 74.5 Å². The fraction of sp³-hybridized carbons (Fsp3) is 0.407. The van der Waals surface area contributed by atoms with E-state index in [-0.39, 0.29) is 12.5 Å². The van der Waals surface area contributed by atoms with E-state index in [2.05, 4.69) is 22.3 Å². The molecule has 9 nitrogen and oxygen atoms in total. The third kappa shape index (κ3) is 11.5. The van der Waals surface area contributed by atoms with Gasteiger partial charge in [0.05, 0.1) is 19.9 Å². The van der Waals surface area contributed by atoms with Crippen molar-refractivity contribution in [1.82, 2.24) is 10.2 Å². The average molecular weight is 529 g/mol. The van der Waals surface area contributed by atoms with Crippen molar-refractivity contribution in [3.8, 4) is 11.5 Å². The van der Waals surface area contributed by atoms with Gasteiger partial charge in [0.1, 0.15) is 5.04 Å². The zero-order valence-electron chi connectivity index (χ0n) is 21.9. The summed E-state index contributed by atoms with van der Waals surface area (Å²) in [5.74, 6) is 1.44. The third-order valence-corrected chi connectivity index (χ3v) is 6.22. The van der Waals surface area contributed by atoms with Crippen LogP contribution in [0.1, 0.15) is 24.0 Å². The zero-order chi connectivity index (χ0) is 27.0. The summed E-state index contributed by atoms with van der Waals surface area (Å²) in [6.07, 6.45) is 7.54. The van der Waals surface area contributed by atoms with Crippen LogP contribution < -0.4 is 14.8 Å². The minimum atomic E-state index is -0.391. The van der Waals surface area contributed by atoms with Crippen molar-refractivity contribution in [2.45, 2.75) is 19.3 Å². The molecule has 0 saturated carbocycles. The summed E-state index contributed by atoms with van der Waals surface area (Å²) in [5, 5.41) is 14.1. The number of likely N-dealkylation sites (N-methyl/N-ethyl adjacent to an activating group) is 1. The minimum absolute atomic E-state index is 0.0187. The van der Waals surface area contributed by atoms with E-state index in [1.54, 1.807) is 32.6 Å². The summed E-state index contributed by atoms with van der Waals surface area (Å²) >= 11 is 1.27. The largest absolute Gasteiger partial charge is 0.493 e. The molecular weight excluding hydrogens is 492 g/mol. The third-order valence-electron chi connectivity index (χ3n) is 5.53. The van der Waals surface area contributed by atoms with Crippen LogP contribution in [0.3, 0.4) is 0 Å². The Hall–Kier alpha value is -3.37. The number of benzene rings is 2. The van der Waals surface area contributed by atoms with Gasteiger partial charge in [-0.15, -0.1) is 11.8 Å². The van der Waals surface area contributed by atoms with Crippen LogP contribution in [0.5, 0.6) is 11.5 Å². The van der Waals surface area contributed by atoms with Gasteiger partial charge >= 0.3 is 0 Å². The lowest BCUT2D eigenvalue weighted by molar-refractivity contribution is -0.462. The van der Waals surface area contributed by atoms with Gasteiger partial charge in [0.15, 0.2) is 11.5 Å². The SMILES string of the molecule is COc1ccc(CCN(C)CCCNC(=O)CC=Cc2ccc(N=C(C[N+](=O)[O-])SC)cc2)cc1OC. The van der Waals surface area contributed by atoms with Crippen molar-refractivity contribution in [3.05, 3.63) is 69.8 Å². The predicted molar refractivity (Wildman–Crippen MR) is 151 cm³/mol. The van der Waals surface area contributed by atoms with Crippen LogP contribution in [0.15, 0.2) is 53.5 Å². The van der Waals surface area contributed by atoms with E-state index in [1.807, 2.05) is 42.5 Å². The van der Waals surface area contributed by atoms with Gasteiger partial charge in [-0.1, -0.05) is 30.4 Å². The second-order valence-electron chi connectivity index (χ2n) is 8.34. The second kappa shape index (κ2) is 16.4.